The van der Waals surface area contributed by atoms with Crippen molar-refractivity contribution in [2.24, 2.45) is 0 Å². The quantitative estimate of drug-likeness (QED) is 0.702. The Morgan fingerprint density at radius 3 is 2.62 bits per heavy atom. The molecule has 1 aromatic rings. The van der Waals surface area contributed by atoms with Crippen LogP contribution in [0.5, 0.6) is 0 Å². The Kier molecular flexibility index (Phi) is 6.90. The largest absolute Gasteiger partial charge is 0.369 e. The van der Waals surface area contributed by atoms with Crippen LogP contribution in [0.1, 0.15) is 45.4 Å². The number of aromatic nitrogens is 2. The summed E-state index contributed by atoms with van der Waals surface area (Å²) in [4.78, 5) is 8.08. The maximum atomic E-state index is 5.73. The van der Waals surface area contributed by atoms with E-state index in [0.717, 1.165) is 12.4 Å². The van der Waals surface area contributed by atoms with Crippen molar-refractivity contribution in [1.29, 1.82) is 0 Å². The van der Waals surface area contributed by atoms with E-state index in [9.17, 15) is 0 Å². The van der Waals surface area contributed by atoms with E-state index >= 15 is 0 Å². The minimum absolute atomic E-state index is 0.438. The van der Waals surface area contributed by atoms with Crippen LogP contribution in [0.2, 0.25) is 5.15 Å². The third-order valence-electron chi connectivity index (χ3n) is 2.44. The summed E-state index contributed by atoms with van der Waals surface area (Å²) >= 11 is 5.73. The SMILES string of the molecule is CCCCCCCCNc1cncc(Cl)n1. The molecule has 1 aromatic heterocycles. The molecule has 0 radical (unpaired) electrons. The summed E-state index contributed by atoms with van der Waals surface area (Å²) in [6.07, 6.45) is 11.0. The van der Waals surface area contributed by atoms with Crippen LogP contribution in [-0.4, -0.2) is 16.5 Å². The topological polar surface area (TPSA) is 37.8 Å². The molecule has 0 bridgehead atoms. The van der Waals surface area contributed by atoms with Crippen LogP contribution in [0.15, 0.2) is 12.4 Å². The predicted molar refractivity (Wildman–Crippen MR) is 68.9 cm³/mol. The average molecular weight is 242 g/mol. The monoisotopic (exact) mass is 241 g/mol. The molecule has 16 heavy (non-hydrogen) atoms. The first-order chi connectivity index (χ1) is 7.83. The normalized spacial score (nSPS) is 10.4. The fourth-order valence-corrected chi connectivity index (χ4v) is 1.70. The van der Waals surface area contributed by atoms with Gasteiger partial charge in [-0.05, 0) is 6.42 Å². The van der Waals surface area contributed by atoms with Gasteiger partial charge in [-0.2, -0.15) is 0 Å². The zero-order valence-electron chi connectivity index (χ0n) is 9.88. The van der Waals surface area contributed by atoms with E-state index in [1.165, 1.54) is 44.7 Å². The summed E-state index contributed by atoms with van der Waals surface area (Å²) in [6.45, 7) is 3.18. The van der Waals surface area contributed by atoms with E-state index in [1.807, 2.05) is 0 Å². The van der Waals surface area contributed by atoms with Gasteiger partial charge in [0.15, 0.2) is 0 Å². The summed E-state index contributed by atoms with van der Waals surface area (Å²) in [5.74, 6) is 0.765. The van der Waals surface area contributed by atoms with Crippen molar-refractivity contribution >= 4 is 17.4 Å². The first-order valence-corrected chi connectivity index (χ1v) is 6.42. The number of anilines is 1. The molecule has 0 saturated heterocycles. The van der Waals surface area contributed by atoms with Crippen LogP contribution >= 0.6 is 11.6 Å². The maximum Gasteiger partial charge on any atom is 0.149 e. The zero-order valence-corrected chi connectivity index (χ0v) is 10.6. The second-order valence-corrected chi connectivity index (χ2v) is 4.31. The van der Waals surface area contributed by atoms with Crippen molar-refractivity contribution in [3.05, 3.63) is 17.5 Å². The molecule has 1 rings (SSSR count). The van der Waals surface area contributed by atoms with Crippen molar-refractivity contribution in [3.63, 3.8) is 0 Å². The van der Waals surface area contributed by atoms with E-state index in [4.69, 9.17) is 11.6 Å². The molecule has 0 saturated carbocycles. The average Bonchev–Trinajstić information content (AvgIpc) is 2.28. The highest BCUT2D eigenvalue weighted by Crippen LogP contribution is 2.08. The smallest absolute Gasteiger partial charge is 0.149 e. The summed E-state index contributed by atoms with van der Waals surface area (Å²) < 4.78 is 0. The van der Waals surface area contributed by atoms with Crippen molar-refractivity contribution in [1.82, 2.24) is 9.97 Å². The summed E-state index contributed by atoms with van der Waals surface area (Å²) in [5, 5.41) is 3.66. The van der Waals surface area contributed by atoms with Crippen LogP contribution < -0.4 is 5.32 Å². The molecular weight excluding hydrogens is 222 g/mol. The van der Waals surface area contributed by atoms with Crippen LogP contribution in [-0.2, 0) is 0 Å². The van der Waals surface area contributed by atoms with E-state index < -0.39 is 0 Å². The Hall–Kier alpha value is -0.830. The Bertz CT molecular complexity index is 291. The van der Waals surface area contributed by atoms with Gasteiger partial charge in [0.25, 0.3) is 0 Å². The molecule has 0 fully saturated rings. The van der Waals surface area contributed by atoms with Gasteiger partial charge in [-0.15, -0.1) is 0 Å². The van der Waals surface area contributed by atoms with Crippen molar-refractivity contribution in [3.8, 4) is 0 Å². The molecule has 90 valence electrons. The molecule has 0 aliphatic heterocycles. The number of halogens is 1. The molecular formula is C12H20ClN3. The lowest BCUT2D eigenvalue weighted by atomic mass is 10.1. The Labute approximate surface area is 103 Å². The number of nitrogens with one attached hydrogen (secondary N) is 1. The second-order valence-electron chi connectivity index (χ2n) is 3.92. The summed E-state index contributed by atoms with van der Waals surface area (Å²) in [6, 6.07) is 0. The lowest BCUT2D eigenvalue weighted by Crippen LogP contribution is -2.03. The van der Waals surface area contributed by atoms with Crippen molar-refractivity contribution in [2.75, 3.05) is 11.9 Å². The Balaban J connectivity index is 2.03. The molecule has 0 unspecified atom stereocenters. The van der Waals surface area contributed by atoms with Crippen LogP contribution in [0.25, 0.3) is 0 Å². The number of hydrogen-bond acceptors (Lipinski definition) is 3. The zero-order chi connectivity index (χ0) is 11.6. The third-order valence-corrected chi connectivity index (χ3v) is 2.62. The number of nitrogens with zero attached hydrogens (tertiary/aromatic N) is 2. The summed E-state index contributed by atoms with van der Waals surface area (Å²) in [7, 11) is 0. The molecule has 1 heterocycles. The molecule has 3 nitrogen and oxygen atoms in total. The van der Waals surface area contributed by atoms with Crippen molar-refractivity contribution in [2.45, 2.75) is 45.4 Å². The molecule has 0 spiro atoms. The first-order valence-electron chi connectivity index (χ1n) is 6.04. The van der Waals surface area contributed by atoms with E-state index in [2.05, 4.69) is 22.2 Å². The van der Waals surface area contributed by atoms with Crippen LogP contribution in [0.3, 0.4) is 0 Å². The summed E-state index contributed by atoms with van der Waals surface area (Å²) in [5.41, 5.74) is 0. The van der Waals surface area contributed by atoms with Gasteiger partial charge in [0, 0.05) is 6.54 Å². The highest BCUT2D eigenvalue weighted by molar-refractivity contribution is 6.29. The molecule has 0 aromatic carbocycles. The predicted octanol–water partition coefficient (Wildman–Crippen LogP) is 3.90. The number of unbranched alkanes of at least 4 members (excludes halogenated alkanes) is 5. The Morgan fingerprint density at radius 1 is 1.12 bits per heavy atom. The minimum Gasteiger partial charge on any atom is -0.369 e. The molecule has 1 N–H and O–H groups in total. The third kappa shape index (κ3) is 5.91. The Morgan fingerprint density at radius 2 is 1.88 bits per heavy atom. The fraction of sp³-hybridized carbons (Fsp3) is 0.667. The van der Waals surface area contributed by atoms with Crippen LogP contribution in [0, 0.1) is 0 Å². The van der Waals surface area contributed by atoms with Crippen LogP contribution in [0.4, 0.5) is 5.82 Å². The van der Waals surface area contributed by atoms with Gasteiger partial charge in [0.1, 0.15) is 11.0 Å². The van der Waals surface area contributed by atoms with Gasteiger partial charge < -0.3 is 5.32 Å². The molecule has 0 amide bonds. The highest BCUT2D eigenvalue weighted by Gasteiger charge is 1.95. The molecule has 0 aliphatic carbocycles. The maximum absolute atomic E-state index is 5.73. The lowest BCUT2D eigenvalue weighted by Gasteiger charge is -2.04. The van der Waals surface area contributed by atoms with Gasteiger partial charge >= 0.3 is 0 Å². The lowest BCUT2D eigenvalue weighted by molar-refractivity contribution is 0.616. The molecule has 0 atom stereocenters. The molecule has 4 heteroatoms. The number of rotatable bonds is 8. The van der Waals surface area contributed by atoms with Gasteiger partial charge in [-0.3, -0.25) is 4.98 Å². The van der Waals surface area contributed by atoms with Gasteiger partial charge in [-0.25, -0.2) is 4.98 Å². The van der Waals surface area contributed by atoms with E-state index in [-0.39, 0.29) is 0 Å². The van der Waals surface area contributed by atoms with Crippen molar-refractivity contribution < 1.29 is 0 Å². The minimum atomic E-state index is 0.438. The fourth-order valence-electron chi connectivity index (χ4n) is 1.55. The highest BCUT2D eigenvalue weighted by atomic mass is 35.5. The standard InChI is InChI=1S/C12H20ClN3/c1-2-3-4-5-6-7-8-15-12-10-14-9-11(13)16-12/h9-10H,2-8H2,1H3,(H,15,16). The molecule has 0 aliphatic rings. The van der Waals surface area contributed by atoms with E-state index in [1.54, 1.807) is 6.20 Å². The van der Waals surface area contributed by atoms with Gasteiger partial charge in [0.2, 0.25) is 0 Å². The number of hydrogen-bond donors (Lipinski definition) is 1. The second kappa shape index (κ2) is 8.34. The van der Waals surface area contributed by atoms with E-state index in [0.29, 0.717) is 5.15 Å². The van der Waals surface area contributed by atoms with Gasteiger partial charge in [0.05, 0.1) is 12.4 Å². The van der Waals surface area contributed by atoms with Gasteiger partial charge in [-0.1, -0.05) is 50.6 Å². The first kappa shape index (κ1) is 13.2.